The molecule has 2 aliphatic rings. The van der Waals surface area contributed by atoms with Crippen LogP contribution in [0.1, 0.15) is 74.2 Å². The van der Waals surface area contributed by atoms with Crippen LogP contribution in [-0.2, 0) is 10.0 Å². The second-order valence-corrected chi connectivity index (χ2v) is 11.4. The first-order valence-corrected chi connectivity index (χ1v) is 13.3. The Bertz CT molecular complexity index is 842. The minimum atomic E-state index is -3.14. The van der Waals surface area contributed by atoms with Gasteiger partial charge >= 0.3 is 0 Å². The molecule has 0 radical (unpaired) electrons. The minimum absolute atomic E-state index is 0.0227. The SMILES string of the molecule is CCCS(=O)(=O)N1CCN(C2(CCC(=O)c3ccc(Cl)cc3C)CCCCC2)CC1. The lowest BCUT2D eigenvalue weighted by Gasteiger charge is -2.50. The van der Waals surface area contributed by atoms with E-state index in [4.69, 9.17) is 11.6 Å². The number of halogens is 1. The molecular weight excluding hydrogens is 420 g/mol. The maximum atomic E-state index is 13.0. The Kier molecular flexibility index (Phi) is 7.99. The second kappa shape index (κ2) is 10.1. The highest BCUT2D eigenvalue weighted by molar-refractivity contribution is 7.89. The molecule has 0 amide bonds. The molecule has 3 rings (SSSR count). The standard InChI is InChI=1S/C23H35ClN2O3S/c1-3-17-30(28,29)26-15-13-25(14-16-26)23(10-5-4-6-11-23)12-9-22(27)21-8-7-20(24)18-19(21)2/h7-8,18H,3-6,9-17H2,1-2H3. The summed E-state index contributed by atoms with van der Waals surface area (Å²) < 4.78 is 26.5. The summed E-state index contributed by atoms with van der Waals surface area (Å²) >= 11 is 6.04. The van der Waals surface area contributed by atoms with Crippen molar-refractivity contribution in [2.75, 3.05) is 31.9 Å². The van der Waals surface area contributed by atoms with Crippen molar-refractivity contribution >= 4 is 27.4 Å². The molecule has 0 spiro atoms. The van der Waals surface area contributed by atoms with Crippen LogP contribution in [0.25, 0.3) is 0 Å². The summed E-state index contributed by atoms with van der Waals surface area (Å²) in [6.07, 6.45) is 7.83. The first-order valence-electron chi connectivity index (χ1n) is 11.3. The van der Waals surface area contributed by atoms with Crippen molar-refractivity contribution in [3.05, 3.63) is 34.3 Å². The lowest BCUT2D eigenvalue weighted by molar-refractivity contribution is 0.0165. The van der Waals surface area contributed by atoms with Gasteiger partial charge in [0.05, 0.1) is 5.75 Å². The van der Waals surface area contributed by atoms with Gasteiger partial charge < -0.3 is 0 Å². The van der Waals surface area contributed by atoms with Gasteiger partial charge in [-0.2, -0.15) is 4.31 Å². The molecule has 1 aromatic rings. The smallest absolute Gasteiger partial charge is 0.214 e. The van der Waals surface area contributed by atoms with Crippen molar-refractivity contribution in [2.45, 2.75) is 70.8 Å². The summed E-state index contributed by atoms with van der Waals surface area (Å²) in [5.41, 5.74) is 1.72. The van der Waals surface area contributed by atoms with Gasteiger partial charge in [-0.05, 0) is 56.4 Å². The normalized spacial score (nSPS) is 20.9. The molecule has 168 valence electrons. The van der Waals surface area contributed by atoms with E-state index in [1.807, 2.05) is 26.0 Å². The number of nitrogens with zero attached hydrogens (tertiary/aromatic N) is 2. The van der Waals surface area contributed by atoms with Gasteiger partial charge in [0.1, 0.15) is 0 Å². The maximum Gasteiger partial charge on any atom is 0.214 e. The number of carbonyl (C=O) groups excluding carboxylic acids is 1. The van der Waals surface area contributed by atoms with Crippen LogP contribution in [0.15, 0.2) is 18.2 Å². The lowest BCUT2D eigenvalue weighted by Crippen LogP contribution is -2.58. The summed E-state index contributed by atoms with van der Waals surface area (Å²) in [7, 11) is -3.14. The van der Waals surface area contributed by atoms with Crippen LogP contribution < -0.4 is 0 Å². The number of sulfonamides is 1. The lowest BCUT2D eigenvalue weighted by atomic mass is 9.76. The van der Waals surface area contributed by atoms with Crippen LogP contribution in [0, 0.1) is 6.92 Å². The average molecular weight is 455 g/mol. The van der Waals surface area contributed by atoms with Crippen molar-refractivity contribution in [1.82, 2.24) is 9.21 Å². The number of rotatable bonds is 8. The minimum Gasteiger partial charge on any atom is -0.295 e. The maximum absolute atomic E-state index is 13.0. The van der Waals surface area contributed by atoms with Crippen LogP contribution in [-0.4, -0.2) is 60.9 Å². The van der Waals surface area contributed by atoms with E-state index in [1.54, 1.807) is 10.4 Å². The topological polar surface area (TPSA) is 57.7 Å². The van der Waals surface area contributed by atoms with E-state index in [0.717, 1.165) is 43.5 Å². The predicted molar refractivity (Wildman–Crippen MR) is 123 cm³/mol. The van der Waals surface area contributed by atoms with Gasteiger partial charge in [0, 0.05) is 48.7 Å². The van der Waals surface area contributed by atoms with E-state index in [2.05, 4.69) is 4.90 Å². The molecule has 0 atom stereocenters. The van der Waals surface area contributed by atoms with E-state index >= 15 is 0 Å². The van der Waals surface area contributed by atoms with Crippen LogP contribution in [0.3, 0.4) is 0 Å². The van der Waals surface area contributed by atoms with Crippen LogP contribution >= 0.6 is 11.6 Å². The molecule has 1 aromatic carbocycles. The van der Waals surface area contributed by atoms with Gasteiger partial charge in [-0.25, -0.2) is 8.42 Å². The summed E-state index contributed by atoms with van der Waals surface area (Å²) in [4.78, 5) is 15.4. The molecule has 1 saturated heterocycles. The summed E-state index contributed by atoms with van der Waals surface area (Å²) in [5.74, 6) is 0.408. The predicted octanol–water partition coefficient (Wildman–Crippen LogP) is 4.67. The van der Waals surface area contributed by atoms with Crippen molar-refractivity contribution in [2.24, 2.45) is 0 Å². The Balaban J connectivity index is 1.67. The number of piperazine rings is 1. The highest BCUT2D eigenvalue weighted by atomic mass is 35.5. The molecule has 1 saturated carbocycles. The third kappa shape index (κ3) is 5.45. The Morgan fingerprint density at radius 3 is 2.37 bits per heavy atom. The summed E-state index contributed by atoms with van der Waals surface area (Å²) in [5, 5.41) is 0.656. The average Bonchev–Trinajstić information content (AvgIpc) is 2.73. The Morgan fingerprint density at radius 1 is 1.10 bits per heavy atom. The van der Waals surface area contributed by atoms with Gasteiger partial charge in [0.25, 0.3) is 0 Å². The van der Waals surface area contributed by atoms with Crippen molar-refractivity contribution < 1.29 is 13.2 Å². The van der Waals surface area contributed by atoms with Crippen molar-refractivity contribution in [3.8, 4) is 0 Å². The molecule has 1 heterocycles. The number of benzene rings is 1. The quantitative estimate of drug-likeness (QED) is 0.535. The molecular formula is C23H35ClN2O3S. The number of hydrogen-bond donors (Lipinski definition) is 0. The largest absolute Gasteiger partial charge is 0.295 e. The first kappa shape index (κ1) is 23.7. The van der Waals surface area contributed by atoms with E-state index in [0.29, 0.717) is 31.0 Å². The van der Waals surface area contributed by atoms with E-state index in [9.17, 15) is 13.2 Å². The fourth-order valence-electron chi connectivity index (χ4n) is 5.18. The molecule has 30 heavy (non-hydrogen) atoms. The molecule has 2 fully saturated rings. The number of Topliss-reactive ketones (excluding diaryl/α,β-unsaturated/α-hetero) is 1. The molecule has 0 unspecified atom stereocenters. The molecule has 1 aliphatic carbocycles. The third-order valence-corrected chi connectivity index (χ3v) is 9.17. The van der Waals surface area contributed by atoms with Gasteiger partial charge in [-0.1, -0.05) is 37.8 Å². The highest BCUT2D eigenvalue weighted by Crippen LogP contribution is 2.38. The number of hydrogen-bond acceptors (Lipinski definition) is 4. The van der Waals surface area contributed by atoms with E-state index in [1.165, 1.54) is 19.3 Å². The zero-order chi connectivity index (χ0) is 21.8. The Labute approximate surface area is 186 Å². The van der Waals surface area contributed by atoms with Crippen LogP contribution in [0.4, 0.5) is 0 Å². The van der Waals surface area contributed by atoms with Gasteiger partial charge in [-0.3, -0.25) is 9.69 Å². The van der Waals surface area contributed by atoms with Crippen LogP contribution in [0.2, 0.25) is 5.02 Å². The van der Waals surface area contributed by atoms with Gasteiger partial charge in [0.2, 0.25) is 10.0 Å². The molecule has 7 heteroatoms. The van der Waals surface area contributed by atoms with Crippen molar-refractivity contribution in [3.63, 3.8) is 0 Å². The molecule has 0 aromatic heterocycles. The van der Waals surface area contributed by atoms with E-state index in [-0.39, 0.29) is 17.1 Å². The molecule has 5 nitrogen and oxygen atoms in total. The zero-order valence-corrected chi connectivity index (χ0v) is 19.9. The fraction of sp³-hybridized carbons (Fsp3) is 0.696. The number of carbonyl (C=O) groups is 1. The Hall–Kier alpha value is -0.950. The first-order chi connectivity index (χ1) is 14.3. The van der Waals surface area contributed by atoms with Gasteiger partial charge in [-0.15, -0.1) is 0 Å². The van der Waals surface area contributed by atoms with Crippen molar-refractivity contribution in [1.29, 1.82) is 0 Å². The number of aryl methyl sites for hydroxylation is 1. The zero-order valence-electron chi connectivity index (χ0n) is 18.3. The highest BCUT2D eigenvalue weighted by Gasteiger charge is 2.40. The van der Waals surface area contributed by atoms with Gasteiger partial charge in [0.15, 0.2) is 5.78 Å². The summed E-state index contributed by atoms with van der Waals surface area (Å²) in [6, 6.07) is 5.47. The number of ketones is 1. The monoisotopic (exact) mass is 454 g/mol. The third-order valence-electron chi connectivity index (χ3n) is 6.86. The second-order valence-electron chi connectivity index (χ2n) is 8.87. The summed E-state index contributed by atoms with van der Waals surface area (Å²) in [6.45, 7) is 6.49. The molecule has 0 bridgehead atoms. The molecule has 1 aliphatic heterocycles. The molecule has 0 N–H and O–H groups in total. The van der Waals surface area contributed by atoms with Crippen LogP contribution in [0.5, 0.6) is 0 Å². The Morgan fingerprint density at radius 2 is 1.77 bits per heavy atom. The van der Waals surface area contributed by atoms with E-state index < -0.39 is 10.0 Å². The fourth-order valence-corrected chi connectivity index (χ4v) is 6.90.